The highest BCUT2D eigenvalue weighted by Gasteiger charge is 2.37. The Kier molecular flexibility index (Phi) is 7.32. The molecule has 1 aliphatic rings. The van der Waals surface area contributed by atoms with Crippen LogP contribution in [-0.4, -0.2) is 42.3 Å². The van der Waals surface area contributed by atoms with Gasteiger partial charge in [0.15, 0.2) is 8.32 Å². The van der Waals surface area contributed by atoms with Gasteiger partial charge in [-0.1, -0.05) is 51.1 Å². The fourth-order valence-electron chi connectivity index (χ4n) is 3.42. The molecule has 1 aliphatic heterocycles. The number of rotatable bonds is 8. The fraction of sp³-hybridized carbons (Fsp3) is 0.609. The summed E-state index contributed by atoms with van der Waals surface area (Å²) in [5.41, 5.74) is 2.48. The Morgan fingerprint density at radius 3 is 2.52 bits per heavy atom. The highest BCUT2D eigenvalue weighted by molar-refractivity contribution is 6.74. The third kappa shape index (κ3) is 6.51. The van der Waals surface area contributed by atoms with E-state index in [2.05, 4.69) is 79.4 Å². The van der Waals surface area contributed by atoms with Crippen LogP contribution in [0.3, 0.4) is 0 Å². The Morgan fingerprint density at radius 1 is 1.17 bits per heavy atom. The van der Waals surface area contributed by atoms with Crippen LogP contribution < -0.4 is 5.32 Å². The van der Waals surface area contributed by atoms with Crippen LogP contribution in [0.5, 0.6) is 0 Å². The van der Waals surface area contributed by atoms with Crippen LogP contribution in [0.4, 0.5) is 0 Å². The number of aromatic nitrogens is 2. The molecule has 3 rings (SSSR count). The van der Waals surface area contributed by atoms with E-state index < -0.39 is 8.32 Å². The Bertz CT molecular complexity index is 746. The number of nitrogens with one attached hydrogen (secondary N) is 2. The third-order valence-electron chi connectivity index (χ3n) is 6.47. The lowest BCUT2D eigenvalue weighted by Gasteiger charge is -2.35. The second-order valence-corrected chi connectivity index (χ2v) is 14.6. The van der Waals surface area contributed by atoms with Crippen LogP contribution in [0.15, 0.2) is 36.5 Å². The minimum atomic E-state index is -1.74. The first-order valence-electron chi connectivity index (χ1n) is 10.9. The van der Waals surface area contributed by atoms with Gasteiger partial charge in [0.25, 0.3) is 0 Å². The van der Waals surface area contributed by atoms with Crippen molar-refractivity contribution in [2.45, 2.75) is 77.5 Å². The van der Waals surface area contributed by atoms with E-state index in [9.17, 15) is 0 Å². The van der Waals surface area contributed by atoms with Crippen molar-refractivity contribution >= 4 is 8.32 Å². The number of nitrogens with zero attached hydrogens (tertiary/aromatic N) is 2. The van der Waals surface area contributed by atoms with Crippen LogP contribution >= 0.6 is 0 Å². The van der Waals surface area contributed by atoms with E-state index in [0.717, 1.165) is 37.7 Å². The average molecular weight is 415 g/mol. The molecule has 5 nitrogen and oxygen atoms in total. The summed E-state index contributed by atoms with van der Waals surface area (Å²) in [7, 11) is -1.74. The van der Waals surface area contributed by atoms with Gasteiger partial charge in [0.1, 0.15) is 5.82 Å². The van der Waals surface area contributed by atoms with Crippen molar-refractivity contribution in [2.75, 3.05) is 13.1 Å². The van der Waals surface area contributed by atoms with E-state index in [-0.39, 0.29) is 5.04 Å². The van der Waals surface area contributed by atoms with Crippen LogP contribution in [0.2, 0.25) is 18.1 Å². The van der Waals surface area contributed by atoms with Crippen molar-refractivity contribution in [2.24, 2.45) is 0 Å². The highest BCUT2D eigenvalue weighted by Crippen LogP contribution is 2.36. The molecule has 0 bridgehead atoms. The molecule has 6 heteroatoms. The van der Waals surface area contributed by atoms with Gasteiger partial charge in [-0.2, -0.15) is 0 Å². The Balaban J connectivity index is 1.38. The number of benzene rings is 1. The molecule has 2 aromatic rings. The Labute approximate surface area is 177 Å². The van der Waals surface area contributed by atoms with E-state index in [4.69, 9.17) is 9.41 Å². The molecule has 0 radical (unpaired) electrons. The summed E-state index contributed by atoms with van der Waals surface area (Å²) in [6.07, 6.45) is 4.40. The molecular weight excluding hydrogens is 376 g/mol. The smallest absolute Gasteiger partial charge is 0.192 e. The maximum Gasteiger partial charge on any atom is 0.192 e. The number of aromatic amines is 1. The molecule has 1 aromatic heterocycles. The summed E-state index contributed by atoms with van der Waals surface area (Å²) in [6.45, 7) is 16.1. The monoisotopic (exact) mass is 414 g/mol. The van der Waals surface area contributed by atoms with Gasteiger partial charge in [-0.25, -0.2) is 4.98 Å². The molecule has 0 unspecified atom stereocenters. The van der Waals surface area contributed by atoms with Crippen LogP contribution in [-0.2, 0) is 24.1 Å². The molecule has 0 saturated carbocycles. The quantitative estimate of drug-likeness (QED) is 0.616. The molecule has 1 fully saturated rings. The van der Waals surface area contributed by atoms with Gasteiger partial charge < -0.3 is 14.7 Å². The predicted molar refractivity (Wildman–Crippen MR) is 122 cm³/mol. The van der Waals surface area contributed by atoms with E-state index in [1.54, 1.807) is 0 Å². The topological polar surface area (TPSA) is 53.2 Å². The number of likely N-dealkylation sites (tertiary alicyclic amines) is 1. The first-order valence-corrected chi connectivity index (χ1v) is 13.8. The van der Waals surface area contributed by atoms with Crippen LogP contribution in [0.25, 0.3) is 0 Å². The second kappa shape index (κ2) is 9.56. The van der Waals surface area contributed by atoms with Crippen molar-refractivity contribution in [3.05, 3.63) is 53.6 Å². The maximum absolute atomic E-state index is 6.27. The molecule has 2 N–H and O–H groups in total. The lowest BCUT2D eigenvalue weighted by atomic mass is 10.0. The zero-order valence-corrected chi connectivity index (χ0v) is 19.8. The third-order valence-corrected chi connectivity index (χ3v) is 10.9. The normalized spacial score (nSPS) is 17.0. The lowest BCUT2D eigenvalue weighted by Crippen LogP contribution is -2.41. The number of hydrogen-bond donors (Lipinski definition) is 2. The lowest BCUT2D eigenvalue weighted by molar-refractivity contribution is 0.190. The zero-order chi connectivity index (χ0) is 20.9. The van der Waals surface area contributed by atoms with Crippen LogP contribution in [0.1, 0.15) is 50.7 Å². The van der Waals surface area contributed by atoms with E-state index >= 15 is 0 Å². The molecule has 0 amide bonds. The van der Waals surface area contributed by atoms with Crippen molar-refractivity contribution in [3.8, 4) is 0 Å². The Hall–Kier alpha value is -1.47. The zero-order valence-electron chi connectivity index (χ0n) is 18.8. The summed E-state index contributed by atoms with van der Waals surface area (Å²) >= 11 is 0. The summed E-state index contributed by atoms with van der Waals surface area (Å²) < 4.78 is 6.27. The van der Waals surface area contributed by atoms with Gasteiger partial charge in [-0.3, -0.25) is 4.90 Å². The highest BCUT2D eigenvalue weighted by atomic mass is 28.4. The molecule has 1 saturated heterocycles. The molecular formula is C23H38N4OSi. The predicted octanol–water partition coefficient (Wildman–Crippen LogP) is 4.69. The first kappa shape index (κ1) is 22.2. The van der Waals surface area contributed by atoms with Crippen molar-refractivity contribution in [1.29, 1.82) is 0 Å². The van der Waals surface area contributed by atoms with Gasteiger partial charge in [-0.15, -0.1) is 0 Å². The van der Waals surface area contributed by atoms with Crippen molar-refractivity contribution in [1.82, 2.24) is 20.2 Å². The van der Waals surface area contributed by atoms with E-state index in [0.29, 0.717) is 12.6 Å². The summed E-state index contributed by atoms with van der Waals surface area (Å²) in [5.74, 6) is 0.935. The first-order chi connectivity index (χ1) is 13.7. The maximum atomic E-state index is 6.27. The molecule has 29 heavy (non-hydrogen) atoms. The Morgan fingerprint density at radius 2 is 1.86 bits per heavy atom. The SMILES string of the molecule is CC(C)(C)[Si](C)(C)OCc1nc(CNC2CCN(Cc3ccccc3)CC2)c[nH]1. The molecule has 1 aromatic carbocycles. The van der Waals surface area contributed by atoms with Gasteiger partial charge >= 0.3 is 0 Å². The van der Waals surface area contributed by atoms with Gasteiger partial charge in [0.05, 0.1) is 12.3 Å². The molecule has 160 valence electrons. The van der Waals surface area contributed by atoms with Crippen LogP contribution in [0, 0.1) is 0 Å². The molecule has 0 aliphatic carbocycles. The minimum Gasteiger partial charge on any atom is -0.409 e. The summed E-state index contributed by atoms with van der Waals surface area (Å²) in [5, 5.41) is 3.91. The van der Waals surface area contributed by atoms with Crippen molar-refractivity contribution < 1.29 is 4.43 Å². The number of hydrogen-bond acceptors (Lipinski definition) is 4. The summed E-state index contributed by atoms with van der Waals surface area (Å²) in [6, 6.07) is 11.3. The van der Waals surface area contributed by atoms with Gasteiger partial charge in [0.2, 0.25) is 0 Å². The average Bonchev–Trinajstić information content (AvgIpc) is 3.14. The van der Waals surface area contributed by atoms with Gasteiger partial charge in [-0.05, 0) is 49.6 Å². The molecule has 0 spiro atoms. The van der Waals surface area contributed by atoms with Gasteiger partial charge in [0, 0.05) is 25.3 Å². The van der Waals surface area contributed by atoms with E-state index in [1.807, 2.05) is 6.20 Å². The molecule has 0 atom stereocenters. The largest absolute Gasteiger partial charge is 0.409 e. The standard InChI is InChI=1S/C23H38N4OSi/c1-23(2,3)29(4,5)28-18-22-25-16-21(26-22)15-24-20-11-13-27(14-12-20)17-19-9-7-6-8-10-19/h6-10,16,20,24H,11-15,17-18H2,1-5H3,(H,25,26). The minimum absolute atomic E-state index is 0.222. The van der Waals surface area contributed by atoms with Crippen molar-refractivity contribution in [3.63, 3.8) is 0 Å². The number of H-pyrrole nitrogens is 1. The fourth-order valence-corrected chi connectivity index (χ4v) is 4.35. The number of imidazole rings is 1. The summed E-state index contributed by atoms with van der Waals surface area (Å²) in [4.78, 5) is 10.6. The second-order valence-electron chi connectivity index (χ2n) is 9.80. The number of piperidine rings is 1. The molecule has 2 heterocycles. The van der Waals surface area contributed by atoms with E-state index in [1.165, 1.54) is 18.4 Å².